The maximum Gasteiger partial charge on any atom is 0.230 e. The summed E-state index contributed by atoms with van der Waals surface area (Å²) in [7, 11) is 0. The maximum absolute atomic E-state index is 11.5. The number of nitrogens with one attached hydrogen (secondary N) is 1. The highest BCUT2D eigenvalue weighted by atomic mass is 32.2. The number of likely N-dealkylation sites (tertiary alicyclic amines) is 1. The summed E-state index contributed by atoms with van der Waals surface area (Å²) in [5, 5.41) is 15.0. The van der Waals surface area contributed by atoms with Crippen LogP contribution in [0.15, 0.2) is 10.9 Å². The molecule has 0 unspecified atom stereocenters. The fourth-order valence-corrected chi connectivity index (χ4v) is 3.13. The van der Waals surface area contributed by atoms with E-state index in [1.54, 1.807) is 11.3 Å². The van der Waals surface area contributed by atoms with E-state index in [1.165, 1.54) is 11.8 Å². The van der Waals surface area contributed by atoms with Gasteiger partial charge in [0.15, 0.2) is 0 Å². The van der Waals surface area contributed by atoms with Crippen molar-refractivity contribution < 1.29 is 9.90 Å². The number of rotatable bonds is 5. The van der Waals surface area contributed by atoms with E-state index in [2.05, 4.69) is 15.2 Å². The van der Waals surface area contributed by atoms with Gasteiger partial charge in [-0.25, -0.2) is 4.98 Å². The van der Waals surface area contributed by atoms with Gasteiger partial charge in [-0.1, -0.05) is 0 Å². The van der Waals surface area contributed by atoms with Crippen LogP contribution in [0.4, 0.5) is 0 Å². The zero-order valence-corrected chi connectivity index (χ0v) is 12.5. The molecule has 1 aliphatic heterocycles. The summed E-state index contributed by atoms with van der Waals surface area (Å²) in [6.07, 6.45) is 2.18. The molecule has 5 nitrogen and oxygen atoms in total. The third-order valence-electron chi connectivity index (χ3n) is 3.16. The Balaban J connectivity index is 1.79. The van der Waals surface area contributed by atoms with Crippen LogP contribution >= 0.6 is 23.1 Å². The molecule has 1 saturated heterocycles. The molecule has 1 aromatic rings. The number of amides is 1. The van der Waals surface area contributed by atoms with Crippen molar-refractivity contribution in [1.29, 1.82) is 0 Å². The second kappa shape index (κ2) is 7.23. The standard InChI is InChI=1S/C12H19N3O2S2/c1-18-7-12(17)14-10-2-3-15(5-11(10)16)4-9-6-19-8-13-9/h6,8,10-11,16H,2-5,7H2,1H3,(H,14,17)/t10-,11-/m1/s1. The van der Waals surface area contributed by atoms with Gasteiger partial charge in [0.2, 0.25) is 5.91 Å². The van der Waals surface area contributed by atoms with E-state index in [0.717, 1.165) is 25.2 Å². The highest BCUT2D eigenvalue weighted by molar-refractivity contribution is 7.99. The number of aromatic nitrogens is 1. The van der Waals surface area contributed by atoms with Crippen molar-refractivity contribution >= 4 is 29.0 Å². The van der Waals surface area contributed by atoms with E-state index in [9.17, 15) is 9.90 Å². The van der Waals surface area contributed by atoms with E-state index in [1.807, 2.05) is 17.1 Å². The second-order valence-corrected chi connectivity index (χ2v) is 6.26. The van der Waals surface area contributed by atoms with E-state index in [4.69, 9.17) is 0 Å². The summed E-state index contributed by atoms with van der Waals surface area (Å²) in [5.74, 6) is 0.454. The van der Waals surface area contributed by atoms with Crippen LogP contribution in [0.2, 0.25) is 0 Å². The van der Waals surface area contributed by atoms with Gasteiger partial charge in [0, 0.05) is 25.0 Å². The first-order chi connectivity index (χ1) is 9.19. The van der Waals surface area contributed by atoms with Crippen LogP contribution in [0.3, 0.4) is 0 Å². The number of aliphatic hydroxyl groups excluding tert-OH is 1. The number of thioether (sulfide) groups is 1. The molecule has 1 aromatic heterocycles. The average molecular weight is 301 g/mol. The Hall–Kier alpha value is -0.630. The van der Waals surface area contributed by atoms with Gasteiger partial charge in [0.1, 0.15) is 0 Å². The minimum Gasteiger partial charge on any atom is -0.390 e. The van der Waals surface area contributed by atoms with Crippen molar-refractivity contribution in [1.82, 2.24) is 15.2 Å². The quantitative estimate of drug-likeness (QED) is 0.832. The first kappa shape index (κ1) is 14.8. The molecule has 2 heterocycles. The molecule has 1 amide bonds. The highest BCUT2D eigenvalue weighted by Gasteiger charge is 2.28. The first-order valence-corrected chi connectivity index (χ1v) is 8.58. The highest BCUT2D eigenvalue weighted by Crippen LogP contribution is 2.14. The van der Waals surface area contributed by atoms with E-state index >= 15 is 0 Å². The van der Waals surface area contributed by atoms with Gasteiger partial charge < -0.3 is 10.4 Å². The van der Waals surface area contributed by atoms with Crippen molar-refractivity contribution in [3.8, 4) is 0 Å². The van der Waals surface area contributed by atoms with Crippen molar-refractivity contribution in [2.45, 2.75) is 25.1 Å². The lowest BCUT2D eigenvalue weighted by atomic mass is 10.0. The molecule has 106 valence electrons. The lowest BCUT2D eigenvalue weighted by Crippen LogP contribution is -2.54. The third-order valence-corrected chi connectivity index (χ3v) is 4.34. The van der Waals surface area contributed by atoms with E-state index in [0.29, 0.717) is 12.3 Å². The second-order valence-electron chi connectivity index (χ2n) is 4.68. The topological polar surface area (TPSA) is 65.5 Å². The summed E-state index contributed by atoms with van der Waals surface area (Å²) < 4.78 is 0. The summed E-state index contributed by atoms with van der Waals surface area (Å²) >= 11 is 3.08. The molecule has 19 heavy (non-hydrogen) atoms. The summed E-state index contributed by atoms with van der Waals surface area (Å²) in [4.78, 5) is 18.0. The Morgan fingerprint density at radius 3 is 3.21 bits per heavy atom. The maximum atomic E-state index is 11.5. The number of aliphatic hydroxyl groups is 1. The van der Waals surface area contributed by atoms with Gasteiger partial charge in [-0.3, -0.25) is 9.69 Å². The SMILES string of the molecule is CSCC(=O)N[C@@H]1CCN(Cc2cscn2)C[C@H]1O. The molecular weight excluding hydrogens is 282 g/mol. The number of nitrogens with zero attached hydrogens (tertiary/aromatic N) is 2. The van der Waals surface area contributed by atoms with Crippen molar-refractivity contribution in [2.75, 3.05) is 25.1 Å². The number of carbonyl (C=O) groups excluding carboxylic acids is 1. The minimum atomic E-state index is -0.502. The minimum absolute atomic E-state index is 0.00417. The van der Waals surface area contributed by atoms with Gasteiger partial charge in [-0.15, -0.1) is 11.3 Å². The number of piperidine rings is 1. The van der Waals surface area contributed by atoms with Crippen LogP contribution in [0.25, 0.3) is 0 Å². The van der Waals surface area contributed by atoms with Crippen LogP contribution in [-0.4, -0.2) is 58.1 Å². The predicted molar refractivity (Wildman–Crippen MR) is 78.3 cm³/mol. The molecule has 0 aromatic carbocycles. The summed E-state index contributed by atoms with van der Waals surface area (Å²) in [5.41, 5.74) is 2.86. The van der Waals surface area contributed by atoms with Crippen LogP contribution < -0.4 is 5.32 Å². The molecule has 0 saturated carbocycles. The molecule has 1 aliphatic rings. The molecule has 2 rings (SSSR count). The fourth-order valence-electron chi connectivity index (χ4n) is 2.23. The predicted octanol–water partition coefficient (Wildman–Crippen LogP) is 0.557. The van der Waals surface area contributed by atoms with Crippen LogP contribution in [0.1, 0.15) is 12.1 Å². The summed E-state index contributed by atoms with van der Waals surface area (Å²) in [6, 6.07) is -0.119. The van der Waals surface area contributed by atoms with Crippen LogP contribution in [-0.2, 0) is 11.3 Å². The first-order valence-electron chi connectivity index (χ1n) is 6.25. The lowest BCUT2D eigenvalue weighted by molar-refractivity contribution is -0.120. The zero-order valence-electron chi connectivity index (χ0n) is 10.9. The molecule has 1 fully saturated rings. The third kappa shape index (κ3) is 4.45. The number of hydrogen-bond acceptors (Lipinski definition) is 6. The van der Waals surface area contributed by atoms with E-state index in [-0.39, 0.29) is 11.9 Å². The number of hydrogen-bond donors (Lipinski definition) is 2. The van der Waals surface area contributed by atoms with Gasteiger partial charge in [0.05, 0.1) is 29.1 Å². The molecule has 0 aliphatic carbocycles. The molecule has 7 heteroatoms. The number of β-amino-alcohol motifs (C(OH)–C–C–N with tert-alkyl or cyclic N) is 1. The van der Waals surface area contributed by atoms with Crippen LogP contribution in [0.5, 0.6) is 0 Å². The monoisotopic (exact) mass is 301 g/mol. The average Bonchev–Trinajstić information content (AvgIpc) is 2.86. The van der Waals surface area contributed by atoms with Gasteiger partial charge in [-0.05, 0) is 12.7 Å². The van der Waals surface area contributed by atoms with Crippen LogP contribution in [0, 0.1) is 0 Å². The smallest absolute Gasteiger partial charge is 0.230 e. The fraction of sp³-hybridized carbons (Fsp3) is 0.667. The number of carbonyl (C=O) groups is 1. The zero-order chi connectivity index (χ0) is 13.7. The lowest BCUT2D eigenvalue weighted by Gasteiger charge is -2.35. The molecule has 2 N–H and O–H groups in total. The van der Waals surface area contributed by atoms with Crippen molar-refractivity contribution in [3.05, 3.63) is 16.6 Å². The summed E-state index contributed by atoms with van der Waals surface area (Å²) in [6.45, 7) is 2.23. The van der Waals surface area contributed by atoms with Crippen molar-refractivity contribution in [2.24, 2.45) is 0 Å². The molecule has 2 atom stereocenters. The van der Waals surface area contributed by atoms with Gasteiger partial charge in [-0.2, -0.15) is 11.8 Å². The van der Waals surface area contributed by atoms with Crippen molar-refractivity contribution in [3.63, 3.8) is 0 Å². The molecule has 0 radical (unpaired) electrons. The number of thiazole rings is 1. The normalized spacial score (nSPS) is 24.3. The Morgan fingerprint density at radius 2 is 2.58 bits per heavy atom. The Morgan fingerprint density at radius 1 is 1.74 bits per heavy atom. The molecule has 0 bridgehead atoms. The molecular formula is C12H19N3O2S2. The molecule has 0 spiro atoms. The van der Waals surface area contributed by atoms with Gasteiger partial charge in [0.25, 0.3) is 0 Å². The van der Waals surface area contributed by atoms with E-state index < -0.39 is 6.10 Å². The largest absolute Gasteiger partial charge is 0.390 e. The Bertz CT molecular complexity index is 400. The Labute approximate surface area is 121 Å². The van der Waals surface area contributed by atoms with Gasteiger partial charge >= 0.3 is 0 Å². The Kier molecular flexibility index (Phi) is 5.62.